The number of anilines is 2. The zero-order valence-corrected chi connectivity index (χ0v) is 15.8. The summed E-state index contributed by atoms with van der Waals surface area (Å²) in [6.07, 6.45) is 3.47. The van der Waals surface area contributed by atoms with Gasteiger partial charge < -0.3 is 24.8 Å². The molecule has 0 aliphatic carbocycles. The van der Waals surface area contributed by atoms with E-state index >= 15 is 0 Å². The van der Waals surface area contributed by atoms with Crippen molar-refractivity contribution in [3.63, 3.8) is 0 Å². The van der Waals surface area contributed by atoms with Crippen molar-refractivity contribution in [3.05, 3.63) is 29.0 Å². The summed E-state index contributed by atoms with van der Waals surface area (Å²) in [6, 6.07) is 5.70. The number of halogens is 1. The summed E-state index contributed by atoms with van der Waals surface area (Å²) in [5.74, 6) is 2.15. The van der Waals surface area contributed by atoms with E-state index in [1.165, 1.54) is 6.33 Å². The number of hydrogen-bond donors (Lipinski definition) is 2. The molecule has 0 radical (unpaired) electrons. The first kappa shape index (κ1) is 17.8. The SMILES string of the molecule is COc1cc(Br)ccc1Nc1ncnc(OC2CCNCC2)c1OC. The molecule has 1 aliphatic rings. The van der Waals surface area contributed by atoms with Gasteiger partial charge in [0.25, 0.3) is 5.88 Å². The molecule has 8 heteroatoms. The van der Waals surface area contributed by atoms with Crippen molar-refractivity contribution >= 4 is 27.4 Å². The van der Waals surface area contributed by atoms with Crippen LogP contribution in [0.2, 0.25) is 0 Å². The molecule has 1 fully saturated rings. The maximum absolute atomic E-state index is 6.04. The minimum atomic E-state index is 0.125. The fourth-order valence-corrected chi connectivity index (χ4v) is 3.02. The first-order valence-electron chi connectivity index (χ1n) is 8.08. The maximum atomic E-state index is 6.04. The van der Waals surface area contributed by atoms with Crippen molar-refractivity contribution in [1.82, 2.24) is 15.3 Å². The highest BCUT2D eigenvalue weighted by atomic mass is 79.9. The number of nitrogens with one attached hydrogen (secondary N) is 2. The van der Waals surface area contributed by atoms with Crippen molar-refractivity contribution < 1.29 is 14.2 Å². The molecular formula is C17H21BrN4O3. The lowest BCUT2D eigenvalue weighted by Gasteiger charge is -2.24. The smallest absolute Gasteiger partial charge is 0.262 e. The molecule has 0 amide bonds. The summed E-state index contributed by atoms with van der Waals surface area (Å²) in [5, 5.41) is 6.55. The van der Waals surface area contributed by atoms with E-state index in [1.807, 2.05) is 18.2 Å². The fourth-order valence-electron chi connectivity index (χ4n) is 2.68. The summed E-state index contributed by atoms with van der Waals surface area (Å²) in [6.45, 7) is 1.89. The van der Waals surface area contributed by atoms with Gasteiger partial charge in [-0.15, -0.1) is 0 Å². The quantitative estimate of drug-likeness (QED) is 0.759. The van der Waals surface area contributed by atoms with Gasteiger partial charge in [0.2, 0.25) is 5.75 Å². The third-order valence-electron chi connectivity index (χ3n) is 3.96. The number of aromatic nitrogens is 2. The fraction of sp³-hybridized carbons (Fsp3) is 0.412. The van der Waals surface area contributed by atoms with Crippen molar-refractivity contribution in [2.75, 3.05) is 32.6 Å². The van der Waals surface area contributed by atoms with E-state index in [-0.39, 0.29) is 6.10 Å². The van der Waals surface area contributed by atoms with Crippen molar-refractivity contribution in [1.29, 1.82) is 0 Å². The highest BCUT2D eigenvalue weighted by Gasteiger charge is 2.20. The third kappa shape index (κ3) is 4.32. The van der Waals surface area contributed by atoms with Gasteiger partial charge in [-0.3, -0.25) is 0 Å². The van der Waals surface area contributed by atoms with Gasteiger partial charge in [0.1, 0.15) is 18.2 Å². The molecule has 1 saturated heterocycles. The van der Waals surface area contributed by atoms with E-state index in [1.54, 1.807) is 14.2 Å². The Morgan fingerprint density at radius 1 is 1.16 bits per heavy atom. The van der Waals surface area contributed by atoms with Gasteiger partial charge in [0, 0.05) is 4.47 Å². The summed E-state index contributed by atoms with van der Waals surface area (Å²) in [4.78, 5) is 8.53. The van der Waals surface area contributed by atoms with Gasteiger partial charge >= 0.3 is 0 Å². The summed E-state index contributed by atoms with van der Waals surface area (Å²) >= 11 is 3.43. The second-order valence-electron chi connectivity index (χ2n) is 5.60. The molecule has 0 unspecified atom stereocenters. The Morgan fingerprint density at radius 2 is 1.96 bits per heavy atom. The van der Waals surface area contributed by atoms with Gasteiger partial charge in [-0.1, -0.05) is 15.9 Å². The zero-order valence-electron chi connectivity index (χ0n) is 14.2. The van der Waals surface area contributed by atoms with Crippen LogP contribution in [0.15, 0.2) is 29.0 Å². The molecule has 1 aliphatic heterocycles. The molecule has 0 saturated carbocycles. The lowest BCUT2D eigenvalue weighted by molar-refractivity contribution is 0.149. The molecule has 2 N–H and O–H groups in total. The first-order chi connectivity index (χ1) is 12.2. The van der Waals surface area contributed by atoms with E-state index in [0.29, 0.717) is 23.2 Å². The van der Waals surface area contributed by atoms with Crippen LogP contribution in [-0.4, -0.2) is 43.4 Å². The van der Waals surface area contributed by atoms with Crippen LogP contribution in [0.5, 0.6) is 17.4 Å². The largest absolute Gasteiger partial charge is 0.495 e. The van der Waals surface area contributed by atoms with E-state index < -0.39 is 0 Å². The predicted molar refractivity (Wildman–Crippen MR) is 99.1 cm³/mol. The average molecular weight is 409 g/mol. The number of ether oxygens (including phenoxy) is 3. The Kier molecular flexibility index (Phi) is 5.93. The van der Waals surface area contributed by atoms with Crippen LogP contribution in [0, 0.1) is 0 Å². The van der Waals surface area contributed by atoms with Crippen LogP contribution in [-0.2, 0) is 0 Å². The molecule has 0 bridgehead atoms. The molecule has 1 aromatic heterocycles. The molecule has 1 aromatic carbocycles. The molecule has 2 heterocycles. The second kappa shape index (κ2) is 8.35. The van der Waals surface area contributed by atoms with Crippen LogP contribution in [0.1, 0.15) is 12.8 Å². The van der Waals surface area contributed by atoms with Crippen LogP contribution in [0.4, 0.5) is 11.5 Å². The van der Waals surface area contributed by atoms with Crippen molar-refractivity contribution in [3.8, 4) is 17.4 Å². The lowest BCUT2D eigenvalue weighted by atomic mass is 10.1. The Hall–Kier alpha value is -2.06. The first-order valence-corrected chi connectivity index (χ1v) is 8.87. The number of methoxy groups -OCH3 is 2. The second-order valence-corrected chi connectivity index (χ2v) is 6.51. The van der Waals surface area contributed by atoms with E-state index in [0.717, 1.165) is 36.1 Å². The summed E-state index contributed by atoms with van der Waals surface area (Å²) in [5.41, 5.74) is 0.774. The Morgan fingerprint density at radius 3 is 2.68 bits per heavy atom. The summed E-state index contributed by atoms with van der Waals surface area (Å²) < 4.78 is 17.9. The van der Waals surface area contributed by atoms with Crippen molar-refractivity contribution in [2.45, 2.75) is 18.9 Å². The molecule has 7 nitrogen and oxygen atoms in total. The van der Waals surface area contributed by atoms with E-state index in [4.69, 9.17) is 14.2 Å². The highest BCUT2D eigenvalue weighted by molar-refractivity contribution is 9.10. The van der Waals surface area contributed by atoms with Gasteiger partial charge in [-0.2, -0.15) is 4.98 Å². The minimum Gasteiger partial charge on any atom is -0.495 e. The van der Waals surface area contributed by atoms with Gasteiger partial charge in [0.15, 0.2) is 5.82 Å². The Bertz CT molecular complexity index is 723. The molecule has 134 valence electrons. The third-order valence-corrected chi connectivity index (χ3v) is 4.45. The lowest BCUT2D eigenvalue weighted by Crippen LogP contribution is -2.34. The zero-order chi connectivity index (χ0) is 17.6. The normalized spacial score (nSPS) is 14.8. The number of hydrogen-bond acceptors (Lipinski definition) is 7. The molecule has 2 aromatic rings. The molecule has 3 rings (SSSR count). The average Bonchev–Trinajstić information content (AvgIpc) is 2.64. The number of benzene rings is 1. The molecule has 25 heavy (non-hydrogen) atoms. The van der Waals surface area contributed by atoms with Crippen LogP contribution < -0.4 is 24.8 Å². The predicted octanol–water partition coefficient (Wildman–Crippen LogP) is 3.13. The maximum Gasteiger partial charge on any atom is 0.262 e. The molecular weight excluding hydrogens is 388 g/mol. The highest BCUT2D eigenvalue weighted by Crippen LogP contribution is 2.37. The van der Waals surface area contributed by atoms with E-state index in [2.05, 4.69) is 36.5 Å². The standard InChI is InChI=1S/C17H21BrN4O3/c1-23-14-9-11(18)3-4-13(14)22-16-15(24-2)17(21-10-20-16)25-12-5-7-19-8-6-12/h3-4,9-10,12,19H,5-8H2,1-2H3,(H,20,21,22). The topological polar surface area (TPSA) is 77.5 Å². The molecule has 0 spiro atoms. The molecule has 0 atom stereocenters. The van der Waals surface area contributed by atoms with Gasteiger partial charge in [-0.25, -0.2) is 4.98 Å². The van der Waals surface area contributed by atoms with Crippen molar-refractivity contribution in [2.24, 2.45) is 0 Å². The summed E-state index contributed by atoms with van der Waals surface area (Å²) in [7, 11) is 3.20. The van der Waals surface area contributed by atoms with Gasteiger partial charge in [-0.05, 0) is 44.1 Å². The number of piperidine rings is 1. The van der Waals surface area contributed by atoms with Crippen LogP contribution >= 0.6 is 15.9 Å². The van der Waals surface area contributed by atoms with Crippen LogP contribution in [0.25, 0.3) is 0 Å². The monoisotopic (exact) mass is 408 g/mol. The minimum absolute atomic E-state index is 0.125. The van der Waals surface area contributed by atoms with E-state index in [9.17, 15) is 0 Å². The number of rotatable bonds is 6. The van der Waals surface area contributed by atoms with Gasteiger partial charge in [0.05, 0.1) is 19.9 Å². The Labute approximate surface area is 155 Å². The Balaban J connectivity index is 1.85. The number of nitrogens with zero attached hydrogens (tertiary/aromatic N) is 2. The van der Waals surface area contributed by atoms with Crippen LogP contribution in [0.3, 0.4) is 0 Å².